The van der Waals surface area contributed by atoms with E-state index in [1.54, 1.807) is 38.3 Å². The zero-order chi connectivity index (χ0) is 16.1. The van der Waals surface area contributed by atoms with Crippen molar-refractivity contribution in [3.05, 3.63) is 53.6 Å². The standard InChI is InChI=1S/C18H21NO3/c1-12-5-6-15(11-13(12)2)19-18(20)14(3)22-17-9-7-16(21-4)8-10-17/h5-11,14H,1-4H3,(H,19,20)/t14-/m1/s1. The summed E-state index contributed by atoms with van der Waals surface area (Å²) in [5.74, 6) is 1.20. The van der Waals surface area contributed by atoms with Crippen LogP contribution in [-0.2, 0) is 4.79 Å². The van der Waals surface area contributed by atoms with Crippen molar-refractivity contribution in [2.45, 2.75) is 26.9 Å². The van der Waals surface area contributed by atoms with E-state index >= 15 is 0 Å². The number of ether oxygens (including phenoxy) is 2. The number of hydrogen-bond acceptors (Lipinski definition) is 3. The second-order valence-electron chi connectivity index (χ2n) is 5.22. The number of amides is 1. The topological polar surface area (TPSA) is 47.6 Å². The summed E-state index contributed by atoms with van der Waals surface area (Å²) < 4.78 is 10.7. The number of carbonyl (C=O) groups excluding carboxylic acids is 1. The van der Waals surface area contributed by atoms with Gasteiger partial charge < -0.3 is 14.8 Å². The van der Waals surface area contributed by atoms with E-state index in [9.17, 15) is 4.79 Å². The summed E-state index contributed by atoms with van der Waals surface area (Å²) in [6.45, 7) is 5.78. The Morgan fingerprint density at radius 3 is 2.23 bits per heavy atom. The van der Waals surface area contributed by atoms with Gasteiger partial charge in [0.25, 0.3) is 5.91 Å². The van der Waals surface area contributed by atoms with Gasteiger partial charge in [-0.25, -0.2) is 0 Å². The van der Waals surface area contributed by atoms with Crippen molar-refractivity contribution in [3.8, 4) is 11.5 Å². The summed E-state index contributed by atoms with van der Waals surface area (Å²) >= 11 is 0. The normalized spacial score (nSPS) is 11.6. The summed E-state index contributed by atoms with van der Waals surface area (Å²) in [6.07, 6.45) is -0.588. The van der Waals surface area contributed by atoms with E-state index < -0.39 is 6.10 Å². The number of benzene rings is 2. The van der Waals surface area contributed by atoms with E-state index in [0.717, 1.165) is 17.0 Å². The molecule has 22 heavy (non-hydrogen) atoms. The Kier molecular flexibility index (Phi) is 5.04. The van der Waals surface area contributed by atoms with E-state index in [1.807, 2.05) is 32.0 Å². The van der Waals surface area contributed by atoms with Gasteiger partial charge in [-0.15, -0.1) is 0 Å². The van der Waals surface area contributed by atoms with Gasteiger partial charge in [0.1, 0.15) is 11.5 Å². The predicted molar refractivity (Wildman–Crippen MR) is 87.6 cm³/mol. The SMILES string of the molecule is COc1ccc(O[C@H](C)C(=O)Nc2ccc(C)c(C)c2)cc1. The molecule has 0 saturated carbocycles. The third-order valence-corrected chi connectivity index (χ3v) is 3.52. The molecule has 2 aromatic rings. The third-order valence-electron chi connectivity index (χ3n) is 3.52. The van der Waals surface area contributed by atoms with Gasteiger partial charge in [-0.2, -0.15) is 0 Å². The average Bonchev–Trinajstić information content (AvgIpc) is 2.51. The zero-order valence-corrected chi connectivity index (χ0v) is 13.3. The molecule has 1 N–H and O–H groups in total. The lowest BCUT2D eigenvalue weighted by atomic mass is 10.1. The number of methoxy groups -OCH3 is 1. The van der Waals surface area contributed by atoms with Gasteiger partial charge in [-0.3, -0.25) is 4.79 Å². The molecular weight excluding hydrogens is 278 g/mol. The molecule has 0 bridgehead atoms. The van der Waals surface area contributed by atoms with Crippen LogP contribution < -0.4 is 14.8 Å². The number of rotatable bonds is 5. The van der Waals surface area contributed by atoms with Crippen molar-refractivity contribution in [3.63, 3.8) is 0 Å². The van der Waals surface area contributed by atoms with E-state index in [1.165, 1.54) is 5.56 Å². The van der Waals surface area contributed by atoms with Crippen molar-refractivity contribution in [1.29, 1.82) is 0 Å². The molecule has 0 unspecified atom stereocenters. The molecule has 1 amide bonds. The number of anilines is 1. The highest BCUT2D eigenvalue weighted by atomic mass is 16.5. The molecule has 2 aromatic carbocycles. The van der Waals surface area contributed by atoms with Crippen LogP contribution in [0.5, 0.6) is 11.5 Å². The molecular formula is C18H21NO3. The highest BCUT2D eigenvalue weighted by Crippen LogP contribution is 2.19. The Labute approximate surface area is 131 Å². The predicted octanol–water partition coefficient (Wildman–Crippen LogP) is 3.72. The fraction of sp³-hybridized carbons (Fsp3) is 0.278. The molecule has 0 heterocycles. The number of hydrogen-bond donors (Lipinski definition) is 1. The first-order chi connectivity index (χ1) is 10.5. The Balaban J connectivity index is 1.97. The van der Waals surface area contributed by atoms with Crippen molar-refractivity contribution < 1.29 is 14.3 Å². The molecule has 0 aliphatic rings. The van der Waals surface area contributed by atoms with Crippen molar-refractivity contribution in [2.75, 3.05) is 12.4 Å². The lowest BCUT2D eigenvalue weighted by Crippen LogP contribution is -2.30. The van der Waals surface area contributed by atoms with Crippen molar-refractivity contribution >= 4 is 11.6 Å². The minimum absolute atomic E-state index is 0.181. The maximum atomic E-state index is 12.2. The quantitative estimate of drug-likeness (QED) is 0.915. The van der Waals surface area contributed by atoms with Crippen LogP contribution in [0.25, 0.3) is 0 Å². The van der Waals surface area contributed by atoms with Crippen LogP contribution >= 0.6 is 0 Å². The molecule has 1 atom stereocenters. The largest absolute Gasteiger partial charge is 0.497 e. The van der Waals surface area contributed by atoms with E-state index in [2.05, 4.69) is 5.32 Å². The first-order valence-electron chi connectivity index (χ1n) is 7.18. The van der Waals surface area contributed by atoms with Crippen LogP contribution in [0.2, 0.25) is 0 Å². The van der Waals surface area contributed by atoms with Crippen molar-refractivity contribution in [1.82, 2.24) is 0 Å². The monoisotopic (exact) mass is 299 g/mol. The molecule has 116 valence electrons. The van der Waals surface area contributed by atoms with Gasteiger partial charge in [0.15, 0.2) is 6.10 Å². The Bertz CT molecular complexity index is 650. The van der Waals surface area contributed by atoms with Crippen LogP contribution in [0.3, 0.4) is 0 Å². The molecule has 0 saturated heterocycles. The highest BCUT2D eigenvalue weighted by Gasteiger charge is 2.15. The Morgan fingerprint density at radius 2 is 1.64 bits per heavy atom. The smallest absolute Gasteiger partial charge is 0.265 e. The third kappa shape index (κ3) is 4.01. The molecule has 0 aliphatic heterocycles. The second kappa shape index (κ2) is 6.98. The molecule has 2 rings (SSSR count). The summed E-state index contributed by atoms with van der Waals surface area (Å²) in [5, 5.41) is 2.86. The van der Waals surface area contributed by atoms with Gasteiger partial charge >= 0.3 is 0 Å². The summed E-state index contributed by atoms with van der Waals surface area (Å²) in [4.78, 5) is 12.2. The van der Waals surface area contributed by atoms with Crippen molar-refractivity contribution in [2.24, 2.45) is 0 Å². The summed E-state index contributed by atoms with van der Waals surface area (Å²) in [7, 11) is 1.61. The first-order valence-corrected chi connectivity index (χ1v) is 7.18. The van der Waals surface area contributed by atoms with Crippen LogP contribution in [0.1, 0.15) is 18.1 Å². The maximum absolute atomic E-state index is 12.2. The number of aryl methyl sites for hydroxylation is 2. The lowest BCUT2D eigenvalue weighted by Gasteiger charge is -2.15. The Hall–Kier alpha value is -2.49. The van der Waals surface area contributed by atoms with E-state index in [4.69, 9.17) is 9.47 Å². The van der Waals surface area contributed by atoms with Crippen LogP contribution in [0.15, 0.2) is 42.5 Å². The van der Waals surface area contributed by atoms with Crippen LogP contribution in [0.4, 0.5) is 5.69 Å². The fourth-order valence-electron chi connectivity index (χ4n) is 1.98. The molecule has 4 nitrogen and oxygen atoms in total. The van der Waals surface area contributed by atoms with E-state index in [0.29, 0.717) is 5.75 Å². The number of nitrogens with one attached hydrogen (secondary N) is 1. The molecule has 0 fully saturated rings. The minimum atomic E-state index is -0.588. The van der Waals surface area contributed by atoms with E-state index in [-0.39, 0.29) is 5.91 Å². The fourth-order valence-corrected chi connectivity index (χ4v) is 1.98. The minimum Gasteiger partial charge on any atom is -0.497 e. The van der Waals surface area contributed by atoms with Gasteiger partial charge in [-0.05, 0) is 68.3 Å². The zero-order valence-electron chi connectivity index (χ0n) is 13.3. The van der Waals surface area contributed by atoms with Crippen LogP contribution in [-0.4, -0.2) is 19.1 Å². The van der Waals surface area contributed by atoms with Gasteiger partial charge in [-0.1, -0.05) is 6.07 Å². The number of carbonyl (C=O) groups is 1. The summed E-state index contributed by atoms with van der Waals surface area (Å²) in [6, 6.07) is 13.0. The molecule has 0 aliphatic carbocycles. The molecule has 0 aromatic heterocycles. The lowest BCUT2D eigenvalue weighted by molar-refractivity contribution is -0.122. The summed E-state index contributed by atoms with van der Waals surface area (Å²) in [5.41, 5.74) is 3.11. The second-order valence-corrected chi connectivity index (χ2v) is 5.22. The van der Waals surface area contributed by atoms with Gasteiger partial charge in [0.05, 0.1) is 7.11 Å². The Morgan fingerprint density at radius 1 is 1.00 bits per heavy atom. The molecule has 0 radical (unpaired) electrons. The van der Waals surface area contributed by atoms with Gasteiger partial charge in [0, 0.05) is 5.69 Å². The van der Waals surface area contributed by atoms with Gasteiger partial charge in [0.2, 0.25) is 0 Å². The molecule has 4 heteroatoms. The first kappa shape index (κ1) is 15.9. The molecule has 0 spiro atoms. The van der Waals surface area contributed by atoms with Crippen LogP contribution in [0, 0.1) is 13.8 Å². The maximum Gasteiger partial charge on any atom is 0.265 e. The highest BCUT2D eigenvalue weighted by molar-refractivity contribution is 5.94. The average molecular weight is 299 g/mol.